The first-order valence-electron chi connectivity index (χ1n) is 14.1. The zero-order valence-electron chi connectivity index (χ0n) is 25.3. The summed E-state index contributed by atoms with van der Waals surface area (Å²) in [7, 11) is 5.49. The van der Waals surface area contributed by atoms with E-state index in [-0.39, 0.29) is 17.1 Å². The van der Waals surface area contributed by atoms with Gasteiger partial charge in [0.25, 0.3) is 11.5 Å². The van der Waals surface area contributed by atoms with Crippen LogP contribution in [0.2, 0.25) is 0 Å². The van der Waals surface area contributed by atoms with Gasteiger partial charge in [-0.05, 0) is 81.9 Å². The third kappa shape index (κ3) is 8.28. The summed E-state index contributed by atoms with van der Waals surface area (Å²) in [6.07, 6.45) is -2.79. The van der Waals surface area contributed by atoms with Crippen molar-refractivity contribution >= 4 is 28.4 Å². The van der Waals surface area contributed by atoms with Crippen molar-refractivity contribution in [2.45, 2.75) is 39.3 Å². The Bertz CT molecular complexity index is 1740. The van der Waals surface area contributed by atoms with E-state index in [9.17, 15) is 27.6 Å². The van der Waals surface area contributed by atoms with E-state index in [1.807, 2.05) is 51.0 Å². The minimum atomic E-state index is -4.40. The second kappa shape index (κ2) is 13.4. The van der Waals surface area contributed by atoms with Crippen molar-refractivity contribution in [1.82, 2.24) is 19.8 Å². The normalized spacial score (nSPS) is 11.7. The number of fused-ring (bicyclic) bond motifs is 1. The molecule has 9 nitrogen and oxygen atoms in total. The maximum atomic E-state index is 12.9. The predicted molar refractivity (Wildman–Crippen MR) is 164 cm³/mol. The number of hydrogen-bond donors (Lipinski definition) is 3. The summed E-state index contributed by atoms with van der Waals surface area (Å²) in [5.41, 5.74) is 3.46. The third-order valence-electron chi connectivity index (χ3n) is 6.99. The first-order chi connectivity index (χ1) is 20.7. The smallest absolute Gasteiger partial charge is 0.390 e. The van der Waals surface area contributed by atoms with Crippen molar-refractivity contribution in [2.75, 3.05) is 32.5 Å². The van der Waals surface area contributed by atoms with E-state index in [1.54, 1.807) is 31.4 Å². The lowest BCUT2D eigenvalue weighted by atomic mass is 10.0. The summed E-state index contributed by atoms with van der Waals surface area (Å²) in [6.45, 7) is 4.02. The van der Waals surface area contributed by atoms with Gasteiger partial charge >= 0.3 is 6.18 Å². The maximum Gasteiger partial charge on any atom is 0.390 e. The molecule has 44 heavy (non-hydrogen) atoms. The van der Waals surface area contributed by atoms with Crippen molar-refractivity contribution in [3.05, 3.63) is 75.8 Å². The van der Waals surface area contributed by atoms with E-state index in [0.717, 1.165) is 24.1 Å². The number of rotatable bonds is 11. The Hall–Kier alpha value is -4.58. The van der Waals surface area contributed by atoms with E-state index in [4.69, 9.17) is 4.74 Å². The van der Waals surface area contributed by atoms with Crippen LogP contribution in [0.5, 0.6) is 11.5 Å². The van der Waals surface area contributed by atoms with Crippen LogP contribution in [0.3, 0.4) is 0 Å². The Labute approximate surface area is 253 Å². The van der Waals surface area contributed by atoms with Crippen molar-refractivity contribution < 1.29 is 27.5 Å². The molecular formula is C32H36F3N5O4. The molecule has 12 heteroatoms. The SMILES string of the molecule is Cc1cc(Oc2ccc(C)c(NC(=O)CCCN(C)C)c2)cc(-c2cn(C)c(=O)c3[nH]c(C(=O)NCCC(F)(F)F)cc23)c1. The number of aryl methyl sites for hydroxylation is 3. The molecule has 3 N–H and O–H groups in total. The summed E-state index contributed by atoms with van der Waals surface area (Å²) < 4.78 is 45.2. The maximum absolute atomic E-state index is 12.9. The lowest BCUT2D eigenvalue weighted by Gasteiger charge is -2.14. The molecule has 0 unspecified atom stereocenters. The average molecular weight is 612 g/mol. The zero-order valence-corrected chi connectivity index (χ0v) is 25.3. The topological polar surface area (TPSA) is 108 Å². The monoisotopic (exact) mass is 611 g/mol. The first-order valence-corrected chi connectivity index (χ1v) is 14.1. The van der Waals surface area contributed by atoms with Crippen molar-refractivity contribution in [1.29, 1.82) is 0 Å². The van der Waals surface area contributed by atoms with Gasteiger partial charge in [-0.25, -0.2) is 0 Å². The summed E-state index contributed by atoms with van der Waals surface area (Å²) >= 11 is 0. The molecule has 0 atom stereocenters. The van der Waals surface area contributed by atoms with E-state index in [1.165, 1.54) is 10.6 Å². The number of hydrogen-bond acceptors (Lipinski definition) is 5. The molecule has 2 amide bonds. The Balaban J connectivity index is 1.61. The van der Waals surface area contributed by atoms with Gasteiger partial charge in [0.2, 0.25) is 5.91 Å². The van der Waals surface area contributed by atoms with Crippen molar-refractivity contribution in [3.63, 3.8) is 0 Å². The molecule has 0 saturated heterocycles. The minimum absolute atomic E-state index is 0.0215. The van der Waals surface area contributed by atoms with Gasteiger partial charge in [-0.1, -0.05) is 12.1 Å². The van der Waals surface area contributed by atoms with Crippen molar-refractivity contribution in [2.24, 2.45) is 7.05 Å². The third-order valence-corrected chi connectivity index (χ3v) is 6.99. The van der Waals surface area contributed by atoms with E-state index in [0.29, 0.717) is 40.1 Å². The molecule has 0 aliphatic heterocycles. The van der Waals surface area contributed by atoms with Gasteiger partial charge in [-0.3, -0.25) is 14.4 Å². The number of carbonyl (C=O) groups excluding carboxylic acids is 2. The van der Waals surface area contributed by atoms with Gasteiger partial charge in [0.15, 0.2) is 0 Å². The minimum Gasteiger partial charge on any atom is -0.457 e. The van der Waals surface area contributed by atoms with E-state index < -0.39 is 30.6 Å². The largest absolute Gasteiger partial charge is 0.457 e. The fraction of sp³-hybridized carbons (Fsp3) is 0.344. The van der Waals surface area contributed by atoms with Crippen LogP contribution in [0.4, 0.5) is 18.9 Å². The number of nitrogens with one attached hydrogen (secondary N) is 3. The number of H-pyrrole nitrogens is 1. The van der Waals surface area contributed by atoms with Crippen LogP contribution in [0.25, 0.3) is 22.0 Å². The number of pyridine rings is 1. The van der Waals surface area contributed by atoms with Gasteiger partial charge in [-0.15, -0.1) is 0 Å². The number of ether oxygens (including phenoxy) is 1. The van der Waals surface area contributed by atoms with Gasteiger partial charge < -0.3 is 29.8 Å². The molecule has 0 spiro atoms. The van der Waals surface area contributed by atoms with Crippen LogP contribution in [0.1, 0.15) is 40.9 Å². The molecule has 0 fully saturated rings. The van der Waals surface area contributed by atoms with Gasteiger partial charge in [0.1, 0.15) is 22.7 Å². The van der Waals surface area contributed by atoms with Gasteiger partial charge in [0.05, 0.1) is 6.42 Å². The number of benzene rings is 2. The lowest BCUT2D eigenvalue weighted by Crippen LogP contribution is -2.28. The molecule has 234 valence electrons. The molecule has 4 aromatic rings. The molecule has 0 saturated carbocycles. The molecule has 0 aliphatic carbocycles. The van der Waals surface area contributed by atoms with Gasteiger partial charge in [0, 0.05) is 48.9 Å². The van der Waals surface area contributed by atoms with Gasteiger partial charge in [-0.2, -0.15) is 13.2 Å². The number of nitrogens with zero attached hydrogens (tertiary/aromatic N) is 2. The zero-order chi connectivity index (χ0) is 32.2. The van der Waals surface area contributed by atoms with Crippen LogP contribution in [0, 0.1) is 13.8 Å². The highest BCUT2D eigenvalue weighted by molar-refractivity contribution is 6.02. The summed E-state index contributed by atoms with van der Waals surface area (Å²) in [6, 6.07) is 12.4. The molecule has 0 radical (unpaired) electrons. The molecular weight excluding hydrogens is 575 g/mol. The van der Waals surface area contributed by atoms with Crippen LogP contribution in [-0.2, 0) is 11.8 Å². The van der Waals surface area contributed by atoms with Crippen LogP contribution < -0.4 is 20.9 Å². The van der Waals surface area contributed by atoms with Crippen LogP contribution >= 0.6 is 0 Å². The summed E-state index contributed by atoms with van der Waals surface area (Å²) in [5.74, 6) is 0.200. The second-order valence-corrected chi connectivity index (χ2v) is 11.1. The number of carbonyl (C=O) groups is 2. The molecule has 2 aromatic heterocycles. The molecule has 4 rings (SSSR count). The molecule has 2 heterocycles. The predicted octanol–water partition coefficient (Wildman–Crippen LogP) is 5.91. The molecule has 0 aliphatic rings. The summed E-state index contributed by atoms with van der Waals surface area (Å²) in [5, 5.41) is 5.65. The Kier molecular flexibility index (Phi) is 9.83. The number of halogens is 3. The fourth-order valence-corrected chi connectivity index (χ4v) is 4.77. The fourth-order valence-electron chi connectivity index (χ4n) is 4.77. The van der Waals surface area contributed by atoms with E-state index in [2.05, 4.69) is 15.6 Å². The quantitative estimate of drug-likeness (QED) is 0.196. The highest BCUT2D eigenvalue weighted by atomic mass is 19.4. The summed E-state index contributed by atoms with van der Waals surface area (Å²) in [4.78, 5) is 42.8. The van der Waals surface area contributed by atoms with Crippen molar-refractivity contribution in [3.8, 4) is 22.6 Å². The Morgan fingerprint density at radius 3 is 2.50 bits per heavy atom. The van der Waals surface area contributed by atoms with Crippen LogP contribution in [0.15, 0.2) is 53.5 Å². The Morgan fingerprint density at radius 2 is 1.80 bits per heavy atom. The molecule has 2 aromatic carbocycles. The standard InChI is InChI=1S/C32H36F3N5O4/c1-19-13-21(15-23(14-19)44-22-9-8-20(2)26(16-22)37-28(41)7-6-12-39(3)4)25-18-40(5)31(43)29-24(25)17-27(38-29)30(42)36-11-10-32(33,34)35/h8-9,13-18,38H,6-7,10-12H2,1-5H3,(H,36,42)(H,37,41). The van der Waals surface area contributed by atoms with E-state index >= 15 is 0 Å². The lowest BCUT2D eigenvalue weighted by molar-refractivity contribution is -0.133. The second-order valence-electron chi connectivity index (χ2n) is 11.1. The number of amides is 2. The number of alkyl halides is 3. The molecule has 0 bridgehead atoms. The number of anilines is 1. The van der Waals surface area contributed by atoms with Crippen LogP contribution in [-0.4, -0.2) is 59.6 Å². The Morgan fingerprint density at radius 1 is 1.05 bits per heavy atom. The number of aromatic amines is 1. The highest BCUT2D eigenvalue weighted by Crippen LogP contribution is 2.34. The first kappa shape index (κ1) is 32.3. The highest BCUT2D eigenvalue weighted by Gasteiger charge is 2.27. The average Bonchev–Trinajstić information content (AvgIpc) is 3.37. The number of aromatic nitrogens is 2.